The average molecular weight is 432 g/mol. The van der Waals surface area contributed by atoms with Crippen LogP contribution in [0.5, 0.6) is 0 Å². The molecule has 1 amide bonds. The number of amides is 1. The second kappa shape index (κ2) is 8.42. The number of carbonyl (C=O) groups is 1. The van der Waals surface area contributed by atoms with Crippen LogP contribution in [-0.2, 0) is 0 Å². The Balaban J connectivity index is 1.51. The van der Waals surface area contributed by atoms with Crippen molar-refractivity contribution in [1.29, 1.82) is 0 Å². The fourth-order valence-electron chi connectivity index (χ4n) is 3.20. The van der Waals surface area contributed by atoms with E-state index >= 15 is 0 Å². The summed E-state index contributed by atoms with van der Waals surface area (Å²) in [7, 11) is 0. The predicted molar refractivity (Wildman–Crippen MR) is 115 cm³/mol. The fraction of sp³-hybridized carbons (Fsp3) is 0.250. The lowest BCUT2D eigenvalue weighted by molar-refractivity contribution is 0.102. The van der Waals surface area contributed by atoms with Crippen molar-refractivity contribution in [1.82, 2.24) is 15.0 Å². The number of carbonyl (C=O) groups excluding carboxylic acids is 1. The van der Waals surface area contributed by atoms with Gasteiger partial charge in [-0.25, -0.2) is 9.07 Å². The van der Waals surface area contributed by atoms with Gasteiger partial charge in [0.1, 0.15) is 5.82 Å². The van der Waals surface area contributed by atoms with Gasteiger partial charge < -0.3 is 10.2 Å². The molecule has 0 atom stereocenters. The van der Waals surface area contributed by atoms with E-state index in [1.165, 1.54) is 16.8 Å². The Morgan fingerprint density at radius 2 is 1.90 bits per heavy atom. The maximum absolute atomic E-state index is 13.1. The van der Waals surface area contributed by atoms with Gasteiger partial charge in [-0.05, 0) is 49.4 Å². The summed E-state index contributed by atoms with van der Waals surface area (Å²) in [5.41, 5.74) is 2.95. The van der Waals surface area contributed by atoms with Crippen LogP contribution in [-0.4, -0.2) is 45.5 Å². The van der Waals surface area contributed by atoms with Gasteiger partial charge >= 0.3 is 0 Å². The Morgan fingerprint density at radius 1 is 1.17 bits per heavy atom. The van der Waals surface area contributed by atoms with Crippen LogP contribution in [0.2, 0.25) is 5.02 Å². The molecular formula is C20H19ClFN5OS. The molecular weight excluding hydrogens is 413 g/mol. The van der Waals surface area contributed by atoms with Crippen LogP contribution in [0, 0.1) is 12.7 Å². The Bertz CT molecular complexity index is 1030. The Morgan fingerprint density at radius 3 is 2.59 bits per heavy atom. The van der Waals surface area contributed by atoms with Crippen LogP contribution in [0.15, 0.2) is 42.5 Å². The number of aromatic nitrogens is 3. The van der Waals surface area contributed by atoms with Gasteiger partial charge in [-0.3, -0.25) is 4.79 Å². The van der Waals surface area contributed by atoms with Gasteiger partial charge in [-0.1, -0.05) is 16.8 Å². The maximum atomic E-state index is 13.1. The van der Waals surface area contributed by atoms with Crippen molar-refractivity contribution in [3.63, 3.8) is 0 Å². The largest absolute Gasteiger partial charge is 0.369 e. The molecule has 1 aliphatic rings. The van der Waals surface area contributed by atoms with Crippen LogP contribution in [0.25, 0.3) is 5.69 Å². The molecule has 2 heterocycles. The zero-order valence-corrected chi connectivity index (χ0v) is 17.3. The number of benzene rings is 2. The lowest BCUT2D eigenvalue weighted by Gasteiger charge is -2.29. The SMILES string of the molecule is Cc1c(C(=O)Nc2ccc(N3CCSCC3)c(Cl)c2)nnn1-c1ccc(F)cc1. The highest BCUT2D eigenvalue weighted by Crippen LogP contribution is 2.30. The molecule has 0 unspecified atom stereocenters. The molecule has 0 radical (unpaired) electrons. The maximum Gasteiger partial charge on any atom is 0.278 e. The normalized spacial score (nSPS) is 14.1. The van der Waals surface area contributed by atoms with E-state index in [1.54, 1.807) is 25.1 Å². The van der Waals surface area contributed by atoms with Crippen molar-refractivity contribution in [3.05, 3.63) is 64.7 Å². The number of halogens is 2. The van der Waals surface area contributed by atoms with Gasteiger partial charge in [0.05, 0.1) is 22.1 Å². The van der Waals surface area contributed by atoms with Crippen molar-refractivity contribution in [2.45, 2.75) is 6.92 Å². The third-order valence-electron chi connectivity index (χ3n) is 4.74. The highest BCUT2D eigenvalue weighted by Gasteiger charge is 2.19. The van der Waals surface area contributed by atoms with E-state index in [-0.39, 0.29) is 17.4 Å². The van der Waals surface area contributed by atoms with Crippen molar-refractivity contribution in [3.8, 4) is 5.69 Å². The first-order chi connectivity index (χ1) is 14.0. The summed E-state index contributed by atoms with van der Waals surface area (Å²) < 4.78 is 14.6. The molecule has 29 heavy (non-hydrogen) atoms. The molecule has 0 spiro atoms. The van der Waals surface area contributed by atoms with E-state index in [0.29, 0.717) is 22.1 Å². The Kier molecular flexibility index (Phi) is 5.73. The molecule has 6 nitrogen and oxygen atoms in total. The molecule has 1 saturated heterocycles. The number of nitrogens with zero attached hydrogens (tertiary/aromatic N) is 4. The van der Waals surface area contributed by atoms with Crippen molar-refractivity contribution in [2.75, 3.05) is 34.8 Å². The zero-order valence-electron chi connectivity index (χ0n) is 15.7. The van der Waals surface area contributed by atoms with Gasteiger partial charge in [0.15, 0.2) is 5.69 Å². The number of anilines is 2. The minimum absolute atomic E-state index is 0.197. The first kappa shape index (κ1) is 19.7. The molecule has 9 heteroatoms. The quantitative estimate of drug-likeness (QED) is 0.671. The second-order valence-electron chi connectivity index (χ2n) is 6.63. The Labute approximate surface area is 177 Å². The molecule has 150 valence electrons. The molecule has 4 rings (SSSR count). The van der Waals surface area contributed by atoms with Crippen LogP contribution in [0.4, 0.5) is 15.8 Å². The summed E-state index contributed by atoms with van der Waals surface area (Å²) >= 11 is 8.39. The fourth-order valence-corrected chi connectivity index (χ4v) is 4.41. The summed E-state index contributed by atoms with van der Waals surface area (Å²) in [6, 6.07) is 11.3. The van der Waals surface area contributed by atoms with Crippen molar-refractivity contribution in [2.24, 2.45) is 0 Å². The monoisotopic (exact) mass is 431 g/mol. The van der Waals surface area contributed by atoms with Crippen molar-refractivity contribution >= 4 is 40.6 Å². The summed E-state index contributed by atoms with van der Waals surface area (Å²) in [5.74, 6) is 1.44. The van der Waals surface area contributed by atoms with E-state index < -0.39 is 0 Å². The first-order valence-corrected chi connectivity index (χ1v) is 10.7. The van der Waals surface area contributed by atoms with Gasteiger partial charge in [0.25, 0.3) is 5.91 Å². The number of hydrogen-bond acceptors (Lipinski definition) is 5. The Hall–Kier alpha value is -2.58. The second-order valence-corrected chi connectivity index (χ2v) is 8.26. The molecule has 0 saturated carbocycles. The lowest BCUT2D eigenvalue weighted by atomic mass is 10.2. The van der Waals surface area contributed by atoms with E-state index in [4.69, 9.17) is 11.6 Å². The smallest absolute Gasteiger partial charge is 0.278 e. The molecule has 1 aliphatic heterocycles. The topological polar surface area (TPSA) is 63.1 Å². The zero-order chi connectivity index (χ0) is 20.4. The lowest BCUT2D eigenvalue weighted by Crippen LogP contribution is -2.32. The standard InChI is InChI=1S/C20H19ClFN5OS/c1-13-19(24-25-27(13)16-5-2-14(22)3-6-16)20(28)23-15-4-7-18(17(21)12-15)26-8-10-29-11-9-26/h2-7,12H,8-11H2,1H3,(H,23,28). The molecule has 1 N–H and O–H groups in total. The number of thioether (sulfide) groups is 1. The van der Waals surface area contributed by atoms with E-state index in [9.17, 15) is 9.18 Å². The molecule has 2 aromatic carbocycles. The van der Waals surface area contributed by atoms with E-state index in [2.05, 4.69) is 20.5 Å². The van der Waals surface area contributed by atoms with Crippen molar-refractivity contribution < 1.29 is 9.18 Å². The minimum atomic E-state index is -0.381. The average Bonchev–Trinajstić information content (AvgIpc) is 3.11. The third kappa shape index (κ3) is 4.23. The minimum Gasteiger partial charge on any atom is -0.369 e. The first-order valence-electron chi connectivity index (χ1n) is 9.15. The van der Waals surface area contributed by atoms with Crippen LogP contribution in [0.1, 0.15) is 16.2 Å². The highest BCUT2D eigenvalue weighted by molar-refractivity contribution is 7.99. The van der Waals surface area contributed by atoms with Crippen LogP contribution in [0.3, 0.4) is 0 Å². The summed E-state index contributed by atoms with van der Waals surface area (Å²) in [5, 5.41) is 11.4. The predicted octanol–water partition coefficient (Wildman–Crippen LogP) is 4.17. The number of rotatable bonds is 4. The van der Waals surface area contributed by atoms with Crippen LogP contribution >= 0.6 is 23.4 Å². The van der Waals surface area contributed by atoms with Gasteiger partial charge in [0.2, 0.25) is 0 Å². The summed E-state index contributed by atoms with van der Waals surface area (Å²) in [6.45, 7) is 3.66. The molecule has 1 aromatic heterocycles. The molecule has 1 fully saturated rings. The number of nitrogens with one attached hydrogen (secondary N) is 1. The molecule has 0 aliphatic carbocycles. The van der Waals surface area contributed by atoms with Gasteiger partial charge in [0, 0.05) is 30.3 Å². The van der Waals surface area contributed by atoms with Gasteiger partial charge in [-0.2, -0.15) is 11.8 Å². The van der Waals surface area contributed by atoms with E-state index in [0.717, 1.165) is 30.3 Å². The van der Waals surface area contributed by atoms with E-state index in [1.807, 2.05) is 23.9 Å². The van der Waals surface area contributed by atoms with Crippen LogP contribution < -0.4 is 10.2 Å². The third-order valence-corrected chi connectivity index (χ3v) is 5.98. The number of hydrogen-bond donors (Lipinski definition) is 1. The molecule has 3 aromatic rings. The highest BCUT2D eigenvalue weighted by atomic mass is 35.5. The summed E-state index contributed by atoms with van der Waals surface area (Å²) in [4.78, 5) is 14.9. The summed E-state index contributed by atoms with van der Waals surface area (Å²) in [6.07, 6.45) is 0. The van der Waals surface area contributed by atoms with Gasteiger partial charge in [-0.15, -0.1) is 5.10 Å². The molecule has 0 bridgehead atoms.